The van der Waals surface area contributed by atoms with E-state index in [-0.39, 0.29) is 35.7 Å². The average molecular weight is 442 g/mol. The number of hydrogen-bond donors (Lipinski definition) is 2. The van der Waals surface area contributed by atoms with Crippen molar-refractivity contribution in [1.82, 2.24) is 9.78 Å². The molecule has 1 aliphatic rings. The molecule has 1 heterocycles. The molecular weight excluding hydrogens is 420 g/mol. The molecule has 0 atom stereocenters. The van der Waals surface area contributed by atoms with Crippen LogP contribution in [0.5, 0.6) is 5.75 Å². The van der Waals surface area contributed by atoms with E-state index in [4.69, 9.17) is 0 Å². The molecule has 27 heavy (non-hydrogen) atoms. The highest BCUT2D eigenvalue weighted by molar-refractivity contribution is 9.10. The summed E-state index contributed by atoms with van der Waals surface area (Å²) in [4.78, 5) is 12.5. The van der Waals surface area contributed by atoms with Crippen LogP contribution in [0.3, 0.4) is 0 Å². The Labute approximate surface area is 164 Å². The Morgan fingerprint density at radius 1 is 1.41 bits per heavy atom. The van der Waals surface area contributed by atoms with Crippen molar-refractivity contribution in [3.05, 3.63) is 39.1 Å². The second-order valence-electron chi connectivity index (χ2n) is 7.25. The second kappa shape index (κ2) is 7.58. The van der Waals surface area contributed by atoms with Gasteiger partial charge in [0.2, 0.25) is 5.91 Å². The summed E-state index contributed by atoms with van der Waals surface area (Å²) in [6, 6.07) is 3.36. The van der Waals surface area contributed by atoms with E-state index in [9.17, 15) is 18.7 Å². The Kier molecular flexibility index (Phi) is 5.55. The van der Waals surface area contributed by atoms with Crippen LogP contribution in [0.4, 0.5) is 14.5 Å². The van der Waals surface area contributed by atoms with Gasteiger partial charge in [-0.2, -0.15) is 5.10 Å². The van der Waals surface area contributed by atoms with Gasteiger partial charge >= 0.3 is 0 Å². The lowest BCUT2D eigenvalue weighted by Gasteiger charge is -2.15. The van der Waals surface area contributed by atoms with Crippen LogP contribution in [0.25, 0.3) is 0 Å². The molecule has 2 aromatic rings. The quantitative estimate of drug-likeness (QED) is 0.602. The van der Waals surface area contributed by atoms with E-state index in [2.05, 4.69) is 26.3 Å². The number of benzene rings is 1. The minimum Gasteiger partial charge on any atom is -0.508 e. The Hall–Kier alpha value is -1.96. The summed E-state index contributed by atoms with van der Waals surface area (Å²) in [5.41, 5.74) is 2.38. The van der Waals surface area contributed by atoms with Crippen molar-refractivity contribution in [3.63, 3.8) is 0 Å². The van der Waals surface area contributed by atoms with Crippen molar-refractivity contribution in [2.75, 3.05) is 5.32 Å². The lowest BCUT2D eigenvalue weighted by atomic mass is 9.99. The number of carbonyl (C=O) groups is 1. The van der Waals surface area contributed by atoms with Crippen molar-refractivity contribution in [1.29, 1.82) is 0 Å². The summed E-state index contributed by atoms with van der Waals surface area (Å²) >= 11 is 3.22. The van der Waals surface area contributed by atoms with E-state index in [1.165, 1.54) is 4.68 Å². The highest BCUT2D eigenvalue weighted by Crippen LogP contribution is 2.45. The monoisotopic (exact) mass is 441 g/mol. The number of hydrogen-bond acceptors (Lipinski definition) is 3. The van der Waals surface area contributed by atoms with E-state index in [0.29, 0.717) is 15.9 Å². The molecule has 0 aliphatic heterocycles. The lowest BCUT2D eigenvalue weighted by Crippen LogP contribution is -2.21. The number of phenolic OH excluding ortho intramolecular Hbond substituents is 1. The Morgan fingerprint density at radius 3 is 2.63 bits per heavy atom. The molecule has 3 rings (SSSR count). The molecule has 1 fully saturated rings. The van der Waals surface area contributed by atoms with Crippen molar-refractivity contribution in [2.45, 2.75) is 58.4 Å². The molecule has 1 aromatic carbocycles. The normalized spacial score (nSPS) is 14.2. The van der Waals surface area contributed by atoms with Gasteiger partial charge in [0.15, 0.2) is 0 Å². The predicted octanol–water partition coefficient (Wildman–Crippen LogP) is 5.24. The van der Waals surface area contributed by atoms with Gasteiger partial charge in [0.25, 0.3) is 6.43 Å². The molecule has 8 heteroatoms. The van der Waals surface area contributed by atoms with Gasteiger partial charge in [-0.15, -0.1) is 0 Å². The zero-order valence-corrected chi connectivity index (χ0v) is 17.0. The predicted molar refractivity (Wildman–Crippen MR) is 102 cm³/mol. The number of rotatable bonds is 6. The van der Waals surface area contributed by atoms with Crippen molar-refractivity contribution < 1.29 is 18.7 Å². The zero-order valence-electron chi connectivity index (χ0n) is 15.4. The van der Waals surface area contributed by atoms with E-state index < -0.39 is 6.43 Å². The Balaban J connectivity index is 1.83. The number of nitrogens with one attached hydrogen (secondary N) is 1. The molecule has 0 unspecified atom stereocenters. The SMILES string of the molecule is Cc1cc(O)c(C(C)C)cc1NC(=O)Cn1nc(C(F)F)c(Br)c1C1CC1. The molecule has 0 spiro atoms. The molecule has 146 valence electrons. The summed E-state index contributed by atoms with van der Waals surface area (Å²) in [5, 5.41) is 16.8. The number of aromatic hydroxyl groups is 1. The van der Waals surface area contributed by atoms with Gasteiger partial charge in [-0.05, 0) is 64.9 Å². The lowest BCUT2D eigenvalue weighted by molar-refractivity contribution is -0.117. The summed E-state index contributed by atoms with van der Waals surface area (Å²) in [6.45, 7) is 5.54. The number of halogens is 3. The maximum atomic E-state index is 13.2. The standard InChI is InChI=1S/C19H22BrF2N3O2/c1-9(2)12-7-13(10(3)6-14(12)26)23-15(27)8-25-18(11-4-5-11)16(20)17(24-25)19(21)22/h6-7,9,11,19,26H,4-5,8H2,1-3H3,(H,23,27). The number of carbonyl (C=O) groups excluding carboxylic acids is 1. The van der Waals surface area contributed by atoms with Crippen LogP contribution in [0, 0.1) is 6.92 Å². The van der Waals surface area contributed by atoms with Crippen LogP contribution >= 0.6 is 15.9 Å². The Bertz CT molecular complexity index is 876. The zero-order chi connectivity index (χ0) is 19.9. The third kappa shape index (κ3) is 4.15. The van der Waals surface area contributed by atoms with Gasteiger partial charge in [-0.1, -0.05) is 13.8 Å². The van der Waals surface area contributed by atoms with Crippen LogP contribution < -0.4 is 5.32 Å². The van der Waals surface area contributed by atoms with Gasteiger partial charge in [0, 0.05) is 11.6 Å². The average Bonchev–Trinajstić information content (AvgIpc) is 3.34. The fraction of sp³-hybridized carbons (Fsp3) is 0.474. The summed E-state index contributed by atoms with van der Waals surface area (Å²) in [7, 11) is 0. The first kappa shape index (κ1) is 19.8. The maximum Gasteiger partial charge on any atom is 0.283 e. The first-order chi connectivity index (χ1) is 12.7. The van der Waals surface area contributed by atoms with Crippen LogP contribution in [0.1, 0.15) is 67.5 Å². The fourth-order valence-electron chi connectivity index (χ4n) is 3.11. The minimum absolute atomic E-state index is 0.0957. The van der Waals surface area contributed by atoms with E-state index >= 15 is 0 Å². The van der Waals surface area contributed by atoms with Crippen LogP contribution in [0.15, 0.2) is 16.6 Å². The molecule has 5 nitrogen and oxygen atoms in total. The summed E-state index contributed by atoms with van der Waals surface area (Å²) in [5.74, 6) is 0.0961. The first-order valence-electron chi connectivity index (χ1n) is 8.86. The Morgan fingerprint density at radius 2 is 2.07 bits per heavy atom. The number of anilines is 1. The van der Waals surface area contributed by atoms with Crippen molar-refractivity contribution in [3.8, 4) is 5.75 Å². The molecule has 1 aliphatic carbocycles. The number of alkyl halides is 2. The highest BCUT2D eigenvalue weighted by atomic mass is 79.9. The van der Waals surface area contributed by atoms with Gasteiger partial charge in [0.1, 0.15) is 18.0 Å². The maximum absolute atomic E-state index is 13.2. The third-order valence-electron chi connectivity index (χ3n) is 4.69. The molecule has 2 N–H and O–H groups in total. The number of aromatic nitrogens is 2. The summed E-state index contributed by atoms with van der Waals surface area (Å²) < 4.78 is 28.0. The largest absolute Gasteiger partial charge is 0.508 e. The molecule has 1 saturated carbocycles. The van der Waals surface area contributed by atoms with Gasteiger partial charge in [0.05, 0.1) is 10.2 Å². The van der Waals surface area contributed by atoms with Crippen LogP contribution in [-0.4, -0.2) is 20.8 Å². The molecule has 0 saturated heterocycles. The van der Waals surface area contributed by atoms with Crippen molar-refractivity contribution >= 4 is 27.5 Å². The van der Waals surface area contributed by atoms with E-state index in [1.807, 2.05) is 13.8 Å². The number of phenols is 1. The molecule has 1 aromatic heterocycles. The number of aryl methyl sites for hydroxylation is 1. The smallest absolute Gasteiger partial charge is 0.283 e. The van der Waals surface area contributed by atoms with Crippen LogP contribution in [-0.2, 0) is 11.3 Å². The van der Waals surface area contributed by atoms with E-state index in [0.717, 1.165) is 24.0 Å². The second-order valence-corrected chi connectivity index (χ2v) is 8.04. The number of amides is 1. The highest BCUT2D eigenvalue weighted by Gasteiger charge is 2.34. The molecular formula is C19H22BrF2N3O2. The summed E-state index contributed by atoms with van der Waals surface area (Å²) in [6.07, 6.45) is -0.888. The van der Waals surface area contributed by atoms with Gasteiger partial charge in [-0.3, -0.25) is 9.48 Å². The third-order valence-corrected chi connectivity index (χ3v) is 5.50. The van der Waals surface area contributed by atoms with E-state index in [1.54, 1.807) is 19.1 Å². The van der Waals surface area contributed by atoms with Crippen molar-refractivity contribution in [2.24, 2.45) is 0 Å². The topological polar surface area (TPSA) is 67.2 Å². The minimum atomic E-state index is -2.70. The fourth-order valence-corrected chi connectivity index (χ4v) is 3.89. The van der Waals surface area contributed by atoms with Gasteiger partial charge in [-0.25, -0.2) is 8.78 Å². The first-order valence-corrected chi connectivity index (χ1v) is 9.66. The van der Waals surface area contributed by atoms with Crippen LogP contribution in [0.2, 0.25) is 0 Å². The molecule has 0 bridgehead atoms. The number of nitrogens with zero attached hydrogens (tertiary/aromatic N) is 2. The molecule has 1 amide bonds. The molecule has 0 radical (unpaired) electrons. The van der Waals surface area contributed by atoms with Gasteiger partial charge < -0.3 is 10.4 Å².